The van der Waals surface area contributed by atoms with Crippen molar-refractivity contribution in [2.24, 2.45) is 0 Å². The number of aromatic nitrogens is 2. The van der Waals surface area contributed by atoms with Gasteiger partial charge in [0.2, 0.25) is 0 Å². The molecule has 0 radical (unpaired) electrons. The molecule has 1 heterocycles. The number of anilines is 1. The molecule has 3 aromatic rings. The number of fused-ring (bicyclic) bond motifs is 1. The van der Waals surface area contributed by atoms with E-state index in [1.165, 1.54) is 0 Å². The molecule has 2 aromatic carbocycles. The smallest absolute Gasteiger partial charge is 0.141 e. The van der Waals surface area contributed by atoms with E-state index in [1.54, 1.807) is 12.1 Å². The monoisotopic (exact) mass is 299 g/mol. The maximum Gasteiger partial charge on any atom is 0.141 e. The number of nitrogen functional groups attached to an aromatic ring is 1. The number of imidazole rings is 1. The second-order valence-corrected chi connectivity index (χ2v) is 5.88. The molecule has 0 amide bonds. The Hall–Kier alpha value is -2.20. The number of hydrogen-bond acceptors (Lipinski definition) is 3. The molecule has 0 bridgehead atoms. The van der Waals surface area contributed by atoms with Gasteiger partial charge in [-0.3, -0.25) is 0 Å². The van der Waals surface area contributed by atoms with Gasteiger partial charge >= 0.3 is 0 Å². The third kappa shape index (κ3) is 2.03. The van der Waals surface area contributed by atoms with Crippen molar-refractivity contribution >= 4 is 28.3 Å². The molecule has 1 aliphatic rings. The molecular formula is C16H14ClN3O. The fourth-order valence-electron chi connectivity index (χ4n) is 2.66. The Bertz CT molecular complexity index is 852. The van der Waals surface area contributed by atoms with Crippen LogP contribution in [-0.2, 0) is 0 Å². The van der Waals surface area contributed by atoms with Crippen molar-refractivity contribution in [2.45, 2.75) is 18.9 Å². The molecule has 0 atom stereocenters. The van der Waals surface area contributed by atoms with E-state index in [1.807, 2.05) is 24.3 Å². The largest absolute Gasteiger partial charge is 0.506 e. The Labute approximate surface area is 126 Å². The quantitative estimate of drug-likeness (QED) is 0.556. The molecule has 3 N–H and O–H groups in total. The summed E-state index contributed by atoms with van der Waals surface area (Å²) in [5.74, 6) is 0.935. The molecular weight excluding hydrogens is 286 g/mol. The predicted octanol–water partition coefficient (Wildman–Crippen LogP) is 3.98. The molecule has 4 rings (SSSR count). The van der Waals surface area contributed by atoms with Crippen molar-refractivity contribution in [3.05, 3.63) is 41.4 Å². The number of rotatable bonds is 2. The number of benzene rings is 2. The third-order valence-corrected chi connectivity index (χ3v) is 4.09. The lowest BCUT2D eigenvalue weighted by atomic mass is 10.2. The normalized spacial score (nSPS) is 14.7. The van der Waals surface area contributed by atoms with Gasteiger partial charge in [0.25, 0.3) is 0 Å². The second kappa shape index (κ2) is 4.40. The SMILES string of the molecule is Nc1ccc(-c2nc3cc(Cl)ccc3n2C2CC2)cc1O. The zero-order valence-corrected chi connectivity index (χ0v) is 12.0. The topological polar surface area (TPSA) is 64.1 Å². The Morgan fingerprint density at radius 1 is 1.19 bits per heavy atom. The molecule has 0 spiro atoms. The van der Waals surface area contributed by atoms with Crippen LogP contribution in [0.2, 0.25) is 5.02 Å². The summed E-state index contributed by atoms with van der Waals surface area (Å²) in [6.07, 6.45) is 2.31. The lowest BCUT2D eigenvalue weighted by Gasteiger charge is -2.08. The molecule has 1 fully saturated rings. The van der Waals surface area contributed by atoms with Crippen molar-refractivity contribution in [2.75, 3.05) is 5.73 Å². The van der Waals surface area contributed by atoms with Gasteiger partial charge in [-0.1, -0.05) is 11.6 Å². The number of nitrogens with zero attached hydrogens (tertiary/aromatic N) is 2. The van der Waals surface area contributed by atoms with Crippen LogP contribution in [0.25, 0.3) is 22.4 Å². The van der Waals surface area contributed by atoms with Crippen LogP contribution in [-0.4, -0.2) is 14.7 Å². The van der Waals surface area contributed by atoms with Crippen molar-refractivity contribution < 1.29 is 5.11 Å². The Balaban J connectivity index is 1.98. The van der Waals surface area contributed by atoms with E-state index in [9.17, 15) is 5.11 Å². The fourth-order valence-corrected chi connectivity index (χ4v) is 2.83. The summed E-state index contributed by atoms with van der Waals surface area (Å²) in [4.78, 5) is 4.70. The first-order valence-corrected chi connectivity index (χ1v) is 7.27. The number of phenolic OH excluding ortho intramolecular Hbond substituents is 1. The number of halogens is 1. The highest BCUT2D eigenvalue weighted by Gasteiger charge is 2.28. The van der Waals surface area contributed by atoms with Gasteiger partial charge in [-0.15, -0.1) is 0 Å². The second-order valence-electron chi connectivity index (χ2n) is 5.44. The van der Waals surface area contributed by atoms with Gasteiger partial charge in [0, 0.05) is 16.6 Å². The minimum atomic E-state index is 0.0833. The van der Waals surface area contributed by atoms with Gasteiger partial charge in [0.05, 0.1) is 16.7 Å². The lowest BCUT2D eigenvalue weighted by molar-refractivity contribution is 0.478. The summed E-state index contributed by atoms with van der Waals surface area (Å²) < 4.78 is 2.23. The first-order chi connectivity index (χ1) is 10.1. The molecule has 0 aliphatic heterocycles. The Kier molecular flexibility index (Phi) is 2.62. The minimum absolute atomic E-state index is 0.0833. The first kappa shape index (κ1) is 12.5. The molecule has 0 saturated heterocycles. The number of aromatic hydroxyl groups is 1. The van der Waals surface area contributed by atoms with E-state index in [0.29, 0.717) is 16.8 Å². The van der Waals surface area contributed by atoms with Crippen molar-refractivity contribution in [3.8, 4) is 17.1 Å². The summed E-state index contributed by atoms with van der Waals surface area (Å²) in [7, 11) is 0. The molecule has 5 heteroatoms. The molecule has 1 aliphatic carbocycles. The van der Waals surface area contributed by atoms with Crippen molar-refractivity contribution in [1.82, 2.24) is 9.55 Å². The molecule has 0 unspecified atom stereocenters. The molecule has 106 valence electrons. The molecule has 1 saturated carbocycles. The summed E-state index contributed by atoms with van der Waals surface area (Å²) in [6.45, 7) is 0. The van der Waals surface area contributed by atoms with E-state index in [-0.39, 0.29) is 5.75 Å². The van der Waals surface area contributed by atoms with Crippen LogP contribution in [0.3, 0.4) is 0 Å². The van der Waals surface area contributed by atoms with Gasteiger partial charge in [0.15, 0.2) is 0 Å². The van der Waals surface area contributed by atoms with Crippen LogP contribution in [0, 0.1) is 0 Å². The van der Waals surface area contributed by atoms with Gasteiger partial charge < -0.3 is 15.4 Å². The Morgan fingerprint density at radius 3 is 2.71 bits per heavy atom. The highest BCUT2D eigenvalue weighted by molar-refractivity contribution is 6.31. The minimum Gasteiger partial charge on any atom is -0.506 e. The van der Waals surface area contributed by atoms with E-state index < -0.39 is 0 Å². The summed E-state index contributed by atoms with van der Waals surface area (Å²) >= 11 is 6.06. The van der Waals surface area contributed by atoms with E-state index in [4.69, 9.17) is 22.3 Å². The van der Waals surface area contributed by atoms with Crippen LogP contribution < -0.4 is 5.73 Å². The van der Waals surface area contributed by atoms with Crippen molar-refractivity contribution in [1.29, 1.82) is 0 Å². The van der Waals surface area contributed by atoms with Gasteiger partial charge in [-0.05, 0) is 49.2 Å². The van der Waals surface area contributed by atoms with Crippen LogP contribution in [0.1, 0.15) is 18.9 Å². The number of nitrogens with two attached hydrogens (primary N) is 1. The fraction of sp³-hybridized carbons (Fsp3) is 0.188. The molecule has 1 aromatic heterocycles. The van der Waals surface area contributed by atoms with E-state index >= 15 is 0 Å². The summed E-state index contributed by atoms with van der Waals surface area (Å²) in [5, 5.41) is 10.5. The van der Waals surface area contributed by atoms with Crippen LogP contribution >= 0.6 is 11.6 Å². The highest BCUT2D eigenvalue weighted by atomic mass is 35.5. The average Bonchev–Trinajstić information content (AvgIpc) is 3.22. The van der Waals surface area contributed by atoms with Gasteiger partial charge in [-0.25, -0.2) is 4.98 Å². The number of phenols is 1. The molecule has 21 heavy (non-hydrogen) atoms. The van der Waals surface area contributed by atoms with E-state index in [2.05, 4.69) is 4.57 Å². The standard InChI is InChI=1S/C16H14ClN3O/c17-10-2-6-14-13(8-10)19-16(20(14)11-3-4-11)9-1-5-12(18)15(21)7-9/h1-2,5-8,11,21H,3-4,18H2. The van der Waals surface area contributed by atoms with Crippen LogP contribution in [0.15, 0.2) is 36.4 Å². The predicted molar refractivity (Wildman–Crippen MR) is 84.5 cm³/mol. The number of hydrogen-bond donors (Lipinski definition) is 2. The maximum absolute atomic E-state index is 9.84. The summed E-state index contributed by atoms with van der Waals surface area (Å²) in [6, 6.07) is 11.5. The van der Waals surface area contributed by atoms with Crippen LogP contribution in [0.4, 0.5) is 5.69 Å². The average molecular weight is 300 g/mol. The van der Waals surface area contributed by atoms with Crippen LogP contribution in [0.5, 0.6) is 5.75 Å². The Morgan fingerprint density at radius 2 is 2.00 bits per heavy atom. The zero-order chi connectivity index (χ0) is 14.6. The maximum atomic E-state index is 9.84. The summed E-state index contributed by atoms with van der Waals surface area (Å²) in [5.41, 5.74) is 8.86. The van der Waals surface area contributed by atoms with Crippen molar-refractivity contribution in [3.63, 3.8) is 0 Å². The lowest BCUT2D eigenvalue weighted by Crippen LogP contribution is -1.97. The third-order valence-electron chi connectivity index (χ3n) is 3.85. The van der Waals surface area contributed by atoms with Gasteiger partial charge in [-0.2, -0.15) is 0 Å². The van der Waals surface area contributed by atoms with Gasteiger partial charge in [0.1, 0.15) is 11.6 Å². The first-order valence-electron chi connectivity index (χ1n) is 6.90. The highest BCUT2D eigenvalue weighted by Crippen LogP contribution is 2.42. The van der Waals surface area contributed by atoms with E-state index in [0.717, 1.165) is 35.3 Å². The molecule has 4 nitrogen and oxygen atoms in total. The zero-order valence-electron chi connectivity index (χ0n) is 11.3.